The number of nitrogens with zero attached hydrogens (tertiary/aromatic N) is 3. The first-order valence-electron chi connectivity index (χ1n) is 9.17. The van der Waals surface area contributed by atoms with Crippen molar-refractivity contribution in [1.82, 2.24) is 14.5 Å². The number of hydrogen-bond acceptors (Lipinski definition) is 4. The van der Waals surface area contributed by atoms with Crippen molar-refractivity contribution in [2.75, 3.05) is 18.4 Å². The molecule has 0 radical (unpaired) electrons. The fourth-order valence-corrected chi connectivity index (χ4v) is 3.68. The minimum absolute atomic E-state index is 0.00551. The lowest BCUT2D eigenvalue weighted by Gasteiger charge is -2.30. The van der Waals surface area contributed by atoms with Crippen molar-refractivity contribution >= 4 is 22.5 Å². The third-order valence-corrected chi connectivity index (χ3v) is 5.04. The fourth-order valence-electron chi connectivity index (χ4n) is 3.68. The first-order chi connectivity index (χ1) is 13.1. The minimum Gasteiger partial charge on any atom is -0.326 e. The van der Waals surface area contributed by atoms with Gasteiger partial charge in [-0.2, -0.15) is 0 Å². The van der Waals surface area contributed by atoms with Crippen LogP contribution >= 0.6 is 0 Å². The van der Waals surface area contributed by atoms with Crippen LogP contribution in [0.3, 0.4) is 0 Å². The number of aromatic nitrogens is 2. The quantitative estimate of drug-likeness (QED) is 0.774. The molecule has 1 N–H and O–H groups in total. The van der Waals surface area contributed by atoms with Crippen LogP contribution in [0.2, 0.25) is 0 Å². The van der Waals surface area contributed by atoms with Crippen LogP contribution in [0, 0.1) is 0 Å². The predicted octanol–water partition coefficient (Wildman–Crippen LogP) is 2.41. The van der Waals surface area contributed by atoms with Gasteiger partial charge in [-0.25, -0.2) is 4.98 Å². The number of benzene rings is 2. The standard InChI is InChI=1S/C21H22N4O2/c1-15(26)23-20-8-4-5-16-13-24(10-9-17(16)20)11-12-25-14-22-19-7-3-2-6-18(19)21(25)27/h2-8,14H,9-13H2,1H3,(H,23,26). The van der Waals surface area contributed by atoms with Crippen molar-refractivity contribution in [1.29, 1.82) is 0 Å². The Hall–Kier alpha value is -2.99. The highest BCUT2D eigenvalue weighted by Crippen LogP contribution is 2.26. The minimum atomic E-state index is -0.0472. The Kier molecular flexibility index (Phi) is 4.73. The Labute approximate surface area is 157 Å². The van der Waals surface area contributed by atoms with E-state index in [4.69, 9.17) is 0 Å². The maximum absolute atomic E-state index is 12.6. The van der Waals surface area contributed by atoms with E-state index in [1.165, 1.54) is 18.1 Å². The number of amides is 1. The maximum atomic E-state index is 12.6. The molecule has 0 aliphatic carbocycles. The summed E-state index contributed by atoms with van der Waals surface area (Å²) >= 11 is 0. The van der Waals surface area contributed by atoms with Crippen LogP contribution in [0.25, 0.3) is 10.9 Å². The largest absolute Gasteiger partial charge is 0.326 e. The number of hydrogen-bond donors (Lipinski definition) is 1. The van der Waals surface area contributed by atoms with Gasteiger partial charge >= 0.3 is 0 Å². The number of fused-ring (bicyclic) bond motifs is 2. The summed E-state index contributed by atoms with van der Waals surface area (Å²) in [4.78, 5) is 30.7. The summed E-state index contributed by atoms with van der Waals surface area (Å²) in [5.74, 6) is -0.0472. The SMILES string of the molecule is CC(=O)Nc1cccc2c1CCN(CCn1cnc3ccccc3c1=O)C2. The van der Waals surface area contributed by atoms with E-state index in [1.807, 2.05) is 36.4 Å². The Morgan fingerprint density at radius 1 is 1.15 bits per heavy atom. The van der Waals surface area contributed by atoms with Gasteiger partial charge in [0.25, 0.3) is 5.56 Å². The van der Waals surface area contributed by atoms with Crippen LogP contribution in [0.15, 0.2) is 53.6 Å². The summed E-state index contributed by atoms with van der Waals surface area (Å²) in [6.45, 7) is 4.64. The molecule has 1 aliphatic heterocycles. The van der Waals surface area contributed by atoms with Crippen LogP contribution in [-0.4, -0.2) is 33.4 Å². The molecule has 0 spiro atoms. The van der Waals surface area contributed by atoms with Gasteiger partial charge in [0, 0.05) is 38.8 Å². The molecule has 0 saturated heterocycles. The Morgan fingerprint density at radius 3 is 2.85 bits per heavy atom. The topological polar surface area (TPSA) is 67.2 Å². The summed E-state index contributed by atoms with van der Waals surface area (Å²) in [6.07, 6.45) is 2.52. The van der Waals surface area contributed by atoms with E-state index in [-0.39, 0.29) is 11.5 Å². The van der Waals surface area contributed by atoms with Crippen molar-refractivity contribution in [3.8, 4) is 0 Å². The van der Waals surface area contributed by atoms with E-state index in [0.717, 1.165) is 37.3 Å². The summed E-state index contributed by atoms with van der Waals surface area (Å²) in [5, 5.41) is 3.58. The Bertz CT molecular complexity index is 1060. The van der Waals surface area contributed by atoms with Gasteiger partial charge in [0.1, 0.15) is 0 Å². The van der Waals surface area contributed by atoms with Crippen molar-refractivity contribution < 1.29 is 4.79 Å². The zero-order chi connectivity index (χ0) is 18.8. The molecule has 138 valence electrons. The Morgan fingerprint density at radius 2 is 2.00 bits per heavy atom. The molecule has 2 aromatic carbocycles. The number of nitrogens with one attached hydrogen (secondary N) is 1. The number of anilines is 1. The van der Waals surface area contributed by atoms with Gasteiger partial charge in [-0.05, 0) is 35.7 Å². The zero-order valence-electron chi connectivity index (χ0n) is 15.3. The summed E-state index contributed by atoms with van der Waals surface area (Å²) < 4.78 is 1.69. The molecule has 6 nitrogen and oxygen atoms in total. The van der Waals surface area contributed by atoms with E-state index >= 15 is 0 Å². The molecule has 0 bridgehead atoms. The summed E-state index contributed by atoms with van der Waals surface area (Å²) in [7, 11) is 0. The molecule has 1 aliphatic rings. The summed E-state index contributed by atoms with van der Waals surface area (Å²) in [5.41, 5.74) is 4.10. The van der Waals surface area contributed by atoms with E-state index in [1.54, 1.807) is 10.9 Å². The molecule has 4 rings (SSSR count). The number of carbonyl (C=O) groups is 1. The lowest BCUT2D eigenvalue weighted by atomic mass is 9.97. The normalized spacial score (nSPS) is 14.1. The maximum Gasteiger partial charge on any atom is 0.261 e. The molecule has 6 heteroatoms. The lowest BCUT2D eigenvalue weighted by Crippen LogP contribution is -2.35. The molecule has 1 amide bonds. The first-order valence-corrected chi connectivity index (χ1v) is 9.17. The molecule has 0 unspecified atom stereocenters. The first kappa shape index (κ1) is 17.4. The van der Waals surface area contributed by atoms with Crippen molar-refractivity contribution in [3.63, 3.8) is 0 Å². The van der Waals surface area contributed by atoms with Gasteiger partial charge in [0.05, 0.1) is 17.2 Å². The highest BCUT2D eigenvalue weighted by atomic mass is 16.1. The van der Waals surface area contributed by atoms with Gasteiger partial charge in [-0.3, -0.25) is 19.1 Å². The van der Waals surface area contributed by atoms with Crippen molar-refractivity contribution in [3.05, 3.63) is 70.3 Å². The molecular weight excluding hydrogens is 340 g/mol. The molecule has 0 saturated carbocycles. The monoisotopic (exact) mass is 362 g/mol. The average molecular weight is 362 g/mol. The zero-order valence-corrected chi connectivity index (χ0v) is 15.3. The van der Waals surface area contributed by atoms with Crippen LogP contribution in [-0.2, 0) is 24.3 Å². The molecule has 1 aromatic heterocycles. The highest BCUT2D eigenvalue weighted by Gasteiger charge is 2.19. The second kappa shape index (κ2) is 7.32. The van der Waals surface area contributed by atoms with Crippen molar-refractivity contribution in [2.45, 2.75) is 26.4 Å². The number of para-hydroxylation sites is 1. The highest BCUT2D eigenvalue weighted by molar-refractivity contribution is 5.89. The third kappa shape index (κ3) is 3.61. The molecular formula is C21H22N4O2. The molecule has 0 atom stereocenters. The number of carbonyl (C=O) groups excluding carboxylic acids is 1. The smallest absolute Gasteiger partial charge is 0.261 e. The molecule has 27 heavy (non-hydrogen) atoms. The molecule has 0 fully saturated rings. The predicted molar refractivity (Wildman–Crippen MR) is 106 cm³/mol. The Balaban J connectivity index is 1.47. The van der Waals surface area contributed by atoms with E-state index in [2.05, 4.69) is 21.3 Å². The second-order valence-electron chi connectivity index (χ2n) is 6.91. The molecule has 3 aromatic rings. The van der Waals surface area contributed by atoms with Gasteiger partial charge in [0.2, 0.25) is 5.91 Å². The van der Waals surface area contributed by atoms with E-state index in [0.29, 0.717) is 11.9 Å². The van der Waals surface area contributed by atoms with Crippen LogP contribution < -0.4 is 10.9 Å². The van der Waals surface area contributed by atoms with Crippen molar-refractivity contribution in [2.24, 2.45) is 0 Å². The van der Waals surface area contributed by atoms with Gasteiger partial charge < -0.3 is 5.32 Å². The summed E-state index contributed by atoms with van der Waals surface area (Å²) in [6, 6.07) is 13.5. The van der Waals surface area contributed by atoms with Gasteiger partial charge in [0.15, 0.2) is 0 Å². The van der Waals surface area contributed by atoms with Crippen LogP contribution in [0.1, 0.15) is 18.1 Å². The second-order valence-corrected chi connectivity index (χ2v) is 6.91. The van der Waals surface area contributed by atoms with Crippen LogP contribution in [0.4, 0.5) is 5.69 Å². The lowest BCUT2D eigenvalue weighted by molar-refractivity contribution is -0.114. The van der Waals surface area contributed by atoms with E-state index in [9.17, 15) is 9.59 Å². The van der Waals surface area contributed by atoms with Gasteiger partial charge in [-0.15, -0.1) is 0 Å². The van der Waals surface area contributed by atoms with Crippen LogP contribution in [0.5, 0.6) is 0 Å². The third-order valence-electron chi connectivity index (χ3n) is 5.04. The molecule has 2 heterocycles. The average Bonchev–Trinajstić information content (AvgIpc) is 2.67. The van der Waals surface area contributed by atoms with Gasteiger partial charge in [-0.1, -0.05) is 24.3 Å². The van der Waals surface area contributed by atoms with E-state index < -0.39 is 0 Å². The number of rotatable bonds is 4. The fraction of sp³-hybridized carbons (Fsp3) is 0.286.